The molecule has 0 saturated heterocycles. The molecule has 210 valence electrons. The van der Waals surface area contributed by atoms with E-state index in [-0.39, 0.29) is 18.1 Å². The average Bonchev–Trinajstić information content (AvgIpc) is 3.21. The maximum absolute atomic E-state index is 14.1. The van der Waals surface area contributed by atoms with Crippen LogP contribution in [-0.4, -0.2) is 9.72 Å². The maximum Gasteiger partial charge on any atom is 0.418 e. The third-order valence-electron chi connectivity index (χ3n) is 6.84. The van der Waals surface area contributed by atoms with E-state index in [1.54, 1.807) is 6.07 Å². The third kappa shape index (κ3) is 5.44. The second-order valence-corrected chi connectivity index (χ2v) is 14.7. The summed E-state index contributed by atoms with van der Waals surface area (Å²) in [7, 11) is -3.17. The average molecular weight is 649 g/mol. The van der Waals surface area contributed by atoms with E-state index in [1.807, 2.05) is 69.3 Å². The first-order valence-electron chi connectivity index (χ1n) is 12.7. The molecule has 4 aromatic carbocycles. The summed E-state index contributed by atoms with van der Waals surface area (Å²) in [6.45, 7) is 8.85. The molecule has 1 atom stereocenters. The van der Waals surface area contributed by atoms with E-state index in [1.165, 1.54) is 12.1 Å². The maximum atomic E-state index is 14.1. The van der Waals surface area contributed by atoms with E-state index in [4.69, 9.17) is 9.27 Å². The lowest BCUT2D eigenvalue weighted by molar-refractivity contribution is -0.137. The zero-order valence-electron chi connectivity index (χ0n) is 22.5. The Labute approximate surface area is 247 Å². The topological polar surface area (TPSA) is 26.5 Å². The van der Waals surface area contributed by atoms with Gasteiger partial charge in [-0.1, -0.05) is 67.0 Å². The lowest BCUT2D eigenvalue weighted by Gasteiger charge is -2.37. The third-order valence-corrected chi connectivity index (χ3v) is 11.1. The molecule has 0 bridgehead atoms. The van der Waals surface area contributed by atoms with Crippen LogP contribution in [0, 0.1) is 0 Å². The molecule has 0 radical (unpaired) electrons. The number of aromatic nitrogens is 1. The fraction of sp³-hybridized carbons (Fsp3) is 0.226. The van der Waals surface area contributed by atoms with Crippen LogP contribution in [0.2, 0.25) is 0 Å². The van der Waals surface area contributed by atoms with Crippen molar-refractivity contribution >= 4 is 56.0 Å². The molecule has 5 rings (SSSR count). The zero-order chi connectivity index (χ0) is 28.0. The largest absolute Gasteiger partial charge is 1.00 e. The second kappa shape index (κ2) is 11.3. The van der Waals surface area contributed by atoms with Gasteiger partial charge in [0.15, 0.2) is 7.28 Å². The van der Waals surface area contributed by atoms with Gasteiger partial charge in [0, 0.05) is 43.3 Å². The van der Waals surface area contributed by atoms with Gasteiger partial charge in [-0.3, -0.25) is 0 Å². The highest BCUT2D eigenvalue weighted by Crippen LogP contribution is 2.63. The number of rotatable bonds is 5. The molecule has 0 aliphatic carbocycles. The van der Waals surface area contributed by atoms with E-state index in [0.717, 1.165) is 44.2 Å². The SMILES string of the molecule is CCn1c2ccccc2c2cc(P(=Nc3ccccc3C(F)(F)F)(Oc3ccc(Br)cc3)C(C)(C)C)ccc21.[Cl-]. The molecule has 5 aromatic rings. The number of halogens is 5. The van der Waals surface area contributed by atoms with Crippen molar-refractivity contribution in [3.63, 3.8) is 0 Å². The van der Waals surface area contributed by atoms with Crippen LogP contribution in [-0.2, 0) is 12.7 Å². The van der Waals surface area contributed by atoms with Gasteiger partial charge in [0.2, 0.25) is 0 Å². The summed E-state index contributed by atoms with van der Waals surface area (Å²) >= 11 is 3.46. The number of alkyl halides is 3. The Bertz CT molecular complexity index is 1720. The summed E-state index contributed by atoms with van der Waals surface area (Å²) in [6, 6.07) is 27.1. The molecule has 1 heterocycles. The molecule has 40 heavy (non-hydrogen) atoms. The predicted octanol–water partition coefficient (Wildman–Crippen LogP) is 7.55. The minimum Gasteiger partial charge on any atom is -1.00 e. The first-order chi connectivity index (χ1) is 18.4. The number of fused-ring (bicyclic) bond motifs is 3. The van der Waals surface area contributed by atoms with E-state index in [0.29, 0.717) is 5.75 Å². The number of hydrogen-bond acceptors (Lipinski definition) is 2. The Morgan fingerprint density at radius 1 is 0.825 bits per heavy atom. The van der Waals surface area contributed by atoms with Gasteiger partial charge >= 0.3 is 6.18 Å². The van der Waals surface area contributed by atoms with Crippen molar-refractivity contribution in [2.75, 3.05) is 0 Å². The molecule has 0 aliphatic rings. The molecule has 0 fully saturated rings. The Balaban J connectivity index is 0.00000370. The van der Waals surface area contributed by atoms with Crippen LogP contribution in [0.3, 0.4) is 0 Å². The number of aryl methyl sites for hydroxylation is 1. The van der Waals surface area contributed by atoms with Crippen LogP contribution in [0.1, 0.15) is 33.3 Å². The van der Waals surface area contributed by atoms with Gasteiger partial charge < -0.3 is 21.5 Å². The Kier molecular flexibility index (Phi) is 8.52. The molecule has 1 unspecified atom stereocenters. The summed E-state index contributed by atoms with van der Waals surface area (Å²) in [6.07, 6.45) is -4.55. The van der Waals surface area contributed by atoms with Crippen molar-refractivity contribution in [2.24, 2.45) is 4.74 Å². The summed E-state index contributed by atoms with van der Waals surface area (Å²) in [5.74, 6) is 0.547. The Hall–Kier alpha value is -2.73. The smallest absolute Gasteiger partial charge is 0.418 e. The van der Waals surface area contributed by atoms with E-state index in [9.17, 15) is 13.2 Å². The summed E-state index contributed by atoms with van der Waals surface area (Å²) in [5.41, 5.74) is 1.27. The number of para-hydroxylation sites is 1. The van der Waals surface area contributed by atoms with Gasteiger partial charge in [-0.2, -0.15) is 13.2 Å². The van der Waals surface area contributed by atoms with Gasteiger partial charge in [-0.15, -0.1) is 0 Å². The van der Waals surface area contributed by atoms with Gasteiger partial charge in [-0.05, 0) is 67.6 Å². The Morgan fingerprint density at radius 3 is 2.10 bits per heavy atom. The summed E-state index contributed by atoms with van der Waals surface area (Å²) < 4.78 is 57.3. The van der Waals surface area contributed by atoms with Crippen molar-refractivity contribution in [3.8, 4) is 5.75 Å². The Morgan fingerprint density at radius 2 is 1.45 bits per heavy atom. The molecular formula is C31H29BrClF3N2OP-. The molecule has 0 amide bonds. The van der Waals surface area contributed by atoms with Crippen LogP contribution in [0.5, 0.6) is 5.75 Å². The number of nitrogens with zero attached hydrogens (tertiary/aromatic N) is 2. The van der Waals surface area contributed by atoms with Crippen LogP contribution in [0.25, 0.3) is 21.8 Å². The summed E-state index contributed by atoms with van der Waals surface area (Å²) in [4.78, 5) is 0. The highest BCUT2D eigenvalue weighted by atomic mass is 79.9. The van der Waals surface area contributed by atoms with Gasteiger partial charge in [0.1, 0.15) is 5.75 Å². The van der Waals surface area contributed by atoms with Gasteiger partial charge in [-0.25, -0.2) is 4.74 Å². The monoisotopic (exact) mass is 647 g/mol. The number of benzene rings is 4. The molecule has 1 aromatic heterocycles. The van der Waals surface area contributed by atoms with Crippen molar-refractivity contribution in [2.45, 2.75) is 45.6 Å². The first-order valence-corrected chi connectivity index (χ1v) is 15.2. The first kappa shape index (κ1) is 30.2. The lowest BCUT2D eigenvalue weighted by Crippen LogP contribution is -3.00. The van der Waals surface area contributed by atoms with Crippen molar-refractivity contribution in [3.05, 3.63) is 101 Å². The molecule has 0 N–H and O–H groups in total. The van der Waals surface area contributed by atoms with Crippen molar-refractivity contribution in [1.29, 1.82) is 0 Å². The molecule has 0 aliphatic heterocycles. The fourth-order valence-corrected chi connectivity index (χ4v) is 8.34. The quantitative estimate of drug-likeness (QED) is 0.181. The van der Waals surface area contributed by atoms with E-state index >= 15 is 0 Å². The molecular weight excluding hydrogens is 620 g/mol. The summed E-state index contributed by atoms with van der Waals surface area (Å²) in [5, 5.41) is 2.25. The standard InChI is InChI=1S/C31H29BrF3N2OP.ClH/c1-5-37-28-13-9-6-10-24(28)25-20-23(18-19-29(25)37)39(30(2,3)4,38-22-16-14-21(32)15-17-22)36-27-12-8-7-11-26(27)31(33,34)35;/h6-20H,5H2,1-4H3;1H/p-1. The van der Waals surface area contributed by atoms with Gasteiger partial charge in [0.05, 0.1) is 11.3 Å². The predicted molar refractivity (Wildman–Crippen MR) is 160 cm³/mol. The zero-order valence-corrected chi connectivity index (χ0v) is 25.7. The van der Waals surface area contributed by atoms with Crippen molar-refractivity contribution in [1.82, 2.24) is 4.57 Å². The van der Waals surface area contributed by atoms with Crippen LogP contribution >= 0.6 is 23.2 Å². The minimum atomic E-state index is -4.55. The molecule has 0 saturated carbocycles. The molecule has 3 nitrogen and oxygen atoms in total. The van der Waals surface area contributed by atoms with E-state index < -0.39 is 24.2 Å². The highest BCUT2D eigenvalue weighted by Gasteiger charge is 2.41. The second-order valence-electron chi connectivity index (χ2n) is 10.4. The highest BCUT2D eigenvalue weighted by molar-refractivity contribution is 9.10. The fourth-order valence-electron chi connectivity index (χ4n) is 4.98. The normalized spacial score (nSPS) is 13.6. The number of hydrogen-bond donors (Lipinski definition) is 0. The molecule has 0 spiro atoms. The lowest BCUT2D eigenvalue weighted by atomic mass is 10.1. The van der Waals surface area contributed by atoms with Crippen LogP contribution in [0.15, 0.2) is 100 Å². The van der Waals surface area contributed by atoms with E-state index in [2.05, 4.69) is 45.6 Å². The minimum absolute atomic E-state index is 0. The van der Waals surface area contributed by atoms with Gasteiger partial charge in [0.25, 0.3) is 0 Å². The van der Waals surface area contributed by atoms with Crippen LogP contribution < -0.4 is 22.2 Å². The molecule has 9 heteroatoms. The van der Waals surface area contributed by atoms with Crippen LogP contribution in [0.4, 0.5) is 18.9 Å². The van der Waals surface area contributed by atoms with Crippen molar-refractivity contribution < 1.29 is 30.1 Å².